The number of anilines is 1. The smallest absolute Gasteiger partial charge is 0.253 e. The number of halogens is 2. The monoisotopic (exact) mass is 427 g/mol. The maximum Gasteiger partial charge on any atom is 0.253 e. The fraction of sp³-hybridized carbons (Fsp3) is 0.474. The van der Waals surface area contributed by atoms with Crippen molar-refractivity contribution in [2.75, 3.05) is 37.7 Å². The summed E-state index contributed by atoms with van der Waals surface area (Å²) >= 11 is 0. The van der Waals surface area contributed by atoms with Gasteiger partial charge in [-0.3, -0.25) is 9.48 Å². The summed E-state index contributed by atoms with van der Waals surface area (Å²) in [5.74, 6) is -0.0617. The molecular formula is C19H27Cl2N5O2. The summed E-state index contributed by atoms with van der Waals surface area (Å²) in [6.45, 7) is 6.24. The molecule has 0 atom stereocenters. The first kappa shape index (κ1) is 22.5. The molecule has 0 spiro atoms. The van der Waals surface area contributed by atoms with E-state index in [0.717, 1.165) is 50.5 Å². The number of amides is 1. The molecule has 1 aromatic heterocycles. The van der Waals surface area contributed by atoms with Crippen molar-refractivity contribution in [3.05, 3.63) is 47.3 Å². The third-order valence-corrected chi connectivity index (χ3v) is 4.87. The third-order valence-electron chi connectivity index (χ3n) is 4.87. The fourth-order valence-corrected chi connectivity index (χ4v) is 3.52. The lowest BCUT2D eigenvalue weighted by atomic mass is 10.1. The van der Waals surface area contributed by atoms with Crippen LogP contribution in [0.5, 0.6) is 0 Å². The lowest BCUT2D eigenvalue weighted by Crippen LogP contribution is -2.37. The van der Waals surface area contributed by atoms with Gasteiger partial charge in [0.25, 0.3) is 5.91 Å². The Bertz CT molecular complexity index is 754. The van der Waals surface area contributed by atoms with Gasteiger partial charge < -0.3 is 20.3 Å². The molecule has 1 aromatic carbocycles. The molecule has 0 aliphatic carbocycles. The first-order valence-electron chi connectivity index (χ1n) is 9.27. The van der Waals surface area contributed by atoms with E-state index in [1.165, 1.54) is 5.69 Å². The molecule has 4 rings (SSSR count). The van der Waals surface area contributed by atoms with Gasteiger partial charge in [-0.25, -0.2) is 0 Å². The van der Waals surface area contributed by atoms with Crippen molar-refractivity contribution >= 4 is 36.4 Å². The maximum absolute atomic E-state index is 12.8. The van der Waals surface area contributed by atoms with Crippen LogP contribution < -0.4 is 15.5 Å². The number of morpholine rings is 1. The molecule has 1 saturated heterocycles. The molecule has 9 heteroatoms. The number of carbonyl (C=O) groups is 1. The van der Waals surface area contributed by atoms with Crippen molar-refractivity contribution in [2.24, 2.45) is 0 Å². The summed E-state index contributed by atoms with van der Waals surface area (Å²) in [5, 5.41) is 11.0. The molecule has 0 saturated carbocycles. The lowest BCUT2D eigenvalue weighted by molar-refractivity contribution is 0.0949. The number of aryl methyl sites for hydroxylation is 1. The number of ether oxygens (including phenoxy) is 1. The van der Waals surface area contributed by atoms with Gasteiger partial charge in [-0.2, -0.15) is 5.10 Å². The second kappa shape index (κ2) is 10.7. The Labute approximate surface area is 177 Å². The number of fused-ring (bicyclic) bond motifs is 1. The minimum atomic E-state index is -0.0617. The van der Waals surface area contributed by atoms with E-state index in [2.05, 4.69) is 26.7 Å². The molecule has 28 heavy (non-hydrogen) atoms. The number of rotatable bonds is 4. The number of nitrogens with zero attached hydrogens (tertiary/aromatic N) is 3. The van der Waals surface area contributed by atoms with Crippen LogP contribution in [0.15, 0.2) is 30.3 Å². The molecular weight excluding hydrogens is 401 g/mol. The first-order chi connectivity index (χ1) is 12.8. The Hall–Kier alpha value is -1.80. The van der Waals surface area contributed by atoms with Gasteiger partial charge in [-0.05, 0) is 31.2 Å². The summed E-state index contributed by atoms with van der Waals surface area (Å²) < 4.78 is 7.46. The molecule has 154 valence electrons. The van der Waals surface area contributed by atoms with E-state index in [9.17, 15) is 4.79 Å². The number of nitrogens with one attached hydrogen (secondary N) is 2. The highest BCUT2D eigenvalue weighted by Crippen LogP contribution is 2.21. The average molecular weight is 428 g/mol. The van der Waals surface area contributed by atoms with Crippen molar-refractivity contribution in [3.8, 4) is 0 Å². The molecule has 2 aliphatic heterocycles. The number of hydrogen-bond donors (Lipinski definition) is 2. The number of aromatic nitrogens is 2. The largest absolute Gasteiger partial charge is 0.378 e. The van der Waals surface area contributed by atoms with Crippen LogP contribution in [0.25, 0.3) is 0 Å². The Morgan fingerprint density at radius 1 is 1.18 bits per heavy atom. The topological polar surface area (TPSA) is 71.4 Å². The minimum Gasteiger partial charge on any atom is -0.378 e. The SMILES string of the molecule is Cl.Cl.O=C(NCc1cc2n(n1)CCCNC2)c1ccccc1N1CCOCC1. The highest BCUT2D eigenvalue weighted by molar-refractivity contribution is 5.99. The molecule has 1 amide bonds. The number of hydrogen-bond acceptors (Lipinski definition) is 5. The first-order valence-corrected chi connectivity index (χ1v) is 9.27. The average Bonchev–Trinajstić information content (AvgIpc) is 2.96. The molecule has 0 bridgehead atoms. The Kier molecular flexibility index (Phi) is 8.57. The minimum absolute atomic E-state index is 0. The molecule has 7 nitrogen and oxygen atoms in total. The van der Waals surface area contributed by atoms with Crippen LogP contribution in [0.4, 0.5) is 5.69 Å². The number of para-hydroxylation sites is 1. The predicted molar refractivity (Wildman–Crippen MR) is 114 cm³/mol. The Balaban J connectivity index is 0.00000140. The molecule has 3 heterocycles. The van der Waals surface area contributed by atoms with Gasteiger partial charge >= 0.3 is 0 Å². The second-order valence-electron chi connectivity index (χ2n) is 6.68. The van der Waals surface area contributed by atoms with Crippen LogP contribution in [0.1, 0.15) is 28.2 Å². The van der Waals surface area contributed by atoms with E-state index in [0.29, 0.717) is 25.3 Å². The van der Waals surface area contributed by atoms with Gasteiger partial charge in [0.2, 0.25) is 0 Å². The second-order valence-corrected chi connectivity index (χ2v) is 6.68. The summed E-state index contributed by atoms with van der Waals surface area (Å²) in [7, 11) is 0. The Morgan fingerprint density at radius 2 is 1.96 bits per heavy atom. The zero-order chi connectivity index (χ0) is 17.8. The van der Waals surface area contributed by atoms with E-state index in [-0.39, 0.29) is 30.7 Å². The van der Waals surface area contributed by atoms with Gasteiger partial charge in [-0.1, -0.05) is 12.1 Å². The normalized spacial score (nSPS) is 16.2. The zero-order valence-electron chi connectivity index (χ0n) is 15.7. The van der Waals surface area contributed by atoms with Crippen LogP contribution in [0.2, 0.25) is 0 Å². The van der Waals surface area contributed by atoms with Crippen LogP contribution in [0, 0.1) is 0 Å². The Morgan fingerprint density at radius 3 is 2.79 bits per heavy atom. The van der Waals surface area contributed by atoms with Crippen molar-refractivity contribution in [2.45, 2.75) is 26.1 Å². The molecule has 1 fully saturated rings. The molecule has 0 radical (unpaired) electrons. The van der Waals surface area contributed by atoms with Gasteiger partial charge in [0.05, 0.1) is 36.7 Å². The van der Waals surface area contributed by atoms with Crippen LogP contribution in [0.3, 0.4) is 0 Å². The van der Waals surface area contributed by atoms with Crippen LogP contribution >= 0.6 is 24.8 Å². The quantitative estimate of drug-likeness (QED) is 0.780. The van der Waals surface area contributed by atoms with Crippen molar-refractivity contribution in [1.29, 1.82) is 0 Å². The van der Waals surface area contributed by atoms with Gasteiger partial charge in [0.1, 0.15) is 0 Å². The van der Waals surface area contributed by atoms with Crippen molar-refractivity contribution in [3.63, 3.8) is 0 Å². The van der Waals surface area contributed by atoms with Gasteiger partial charge in [-0.15, -0.1) is 24.8 Å². The summed E-state index contributed by atoms with van der Waals surface area (Å²) in [4.78, 5) is 15.0. The van der Waals surface area contributed by atoms with E-state index < -0.39 is 0 Å². The fourth-order valence-electron chi connectivity index (χ4n) is 3.52. The molecule has 2 aromatic rings. The van der Waals surface area contributed by atoms with Gasteiger partial charge in [0, 0.05) is 31.9 Å². The van der Waals surface area contributed by atoms with Crippen LogP contribution in [-0.4, -0.2) is 48.5 Å². The van der Waals surface area contributed by atoms with Crippen molar-refractivity contribution < 1.29 is 9.53 Å². The number of benzene rings is 1. The molecule has 0 unspecified atom stereocenters. The summed E-state index contributed by atoms with van der Waals surface area (Å²) in [6.07, 6.45) is 1.08. The molecule has 2 aliphatic rings. The van der Waals surface area contributed by atoms with E-state index in [4.69, 9.17) is 4.74 Å². The maximum atomic E-state index is 12.8. The standard InChI is InChI=1S/C19H25N5O2.2ClH/c25-19(17-4-1-2-5-18(17)23-8-10-26-11-9-23)21-13-15-12-16-14-20-6-3-7-24(16)22-15;;/h1-2,4-5,12,20H,3,6-11,13-14H2,(H,21,25);2*1H. The third kappa shape index (κ3) is 5.17. The highest BCUT2D eigenvalue weighted by Gasteiger charge is 2.19. The van der Waals surface area contributed by atoms with Crippen molar-refractivity contribution in [1.82, 2.24) is 20.4 Å². The molecule has 2 N–H and O–H groups in total. The van der Waals surface area contributed by atoms with Crippen LogP contribution in [-0.2, 0) is 24.4 Å². The highest BCUT2D eigenvalue weighted by atomic mass is 35.5. The van der Waals surface area contributed by atoms with E-state index in [1.807, 2.05) is 28.9 Å². The lowest BCUT2D eigenvalue weighted by Gasteiger charge is -2.30. The summed E-state index contributed by atoms with van der Waals surface area (Å²) in [5.41, 5.74) is 3.76. The number of carbonyl (C=O) groups excluding carboxylic acids is 1. The van der Waals surface area contributed by atoms with E-state index in [1.54, 1.807) is 0 Å². The summed E-state index contributed by atoms with van der Waals surface area (Å²) in [6, 6.07) is 9.84. The van der Waals surface area contributed by atoms with Gasteiger partial charge in [0.15, 0.2) is 0 Å². The zero-order valence-corrected chi connectivity index (χ0v) is 17.4. The van der Waals surface area contributed by atoms with E-state index >= 15 is 0 Å². The predicted octanol–water partition coefficient (Wildman–Crippen LogP) is 1.99.